The van der Waals surface area contributed by atoms with E-state index in [-0.39, 0.29) is 5.82 Å². The summed E-state index contributed by atoms with van der Waals surface area (Å²) >= 11 is 0. The summed E-state index contributed by atoms with van der Waals surface area (Å²) in [6, 6.07) is 9.93. The van der Waals surface area contributed by atoms with Crippen LogP contribution in [0.1, 0.15) is 153 Å². The summed E-state index contributed by atoms with van der Waals surface area (Å²) in [4.78, 5) is 2.45. The number of aromatic nitrogens is 1. The summed E-state index contributed by atoms with van der Waals surface area (Å²) < 4.78 is 17.2. The fraction of sp³-hybridized carbons (Fsp3) is 0.658. The average Bonchev–Trinajstić information content (AvgIpc) is 2.98. The number of rotatable bonds is 25. The fourth-order valence-electron chi connectivity index (χ4n) is 5.61. The fourth-order valence-corrected chi connectivity index (χ4v) is 5.61. The second-order valence-electron chi connectivity index (χ2n) is 12.2. The number of hydrogen-bond acceptors (Lipinski definition) is 1. The topological polar surface area (TPSA) is 7.12 Å². The summed E-state index contributed by atoms with van der Waals surface area (Å²) in [6.07, 6.45) is 34.8. The maximum absolute atomic E-state index is 15.2. The van der Waals surface area contributed by atoms with E-state index >= 15 is 4.39 Å². The van der Waals surface area contributed by atoms with E-state index in [4.69, 9.17) is 0 Å². The van der Waals surface area contributed by atoms with Gasteiger partial charge in [-0.1, -0.05) is 142 Å². The van der Waals surface area contributed by atoms with Gasteiger partial charge in [-0.2, -0.15) is 0 Å². The third-order valence-electron chi connectivity index (χ3n) is 8.37. The smallest absolute Gasteiger partial charge is 0.169 e. The number of unbranched alkanes of at least 4 members (excludes halogenated alkanes) is 18. The van der Waals surface area contributed by atoms with Crippen LogP contribution in [0.2, 0.25) is 0 Å². The van der Waals surface area contributed by atoms with E-state index in [2.05, 4.69) is 24.8 Å². The number of anilines is 1. The highest BCUT2D eigenvalue weighted by atomic mass is 19.1. The first-order valence-electron chi connectivity index (χ1n) is 17.3. The molecule has 0 aliphatic heterocycles. The molecule has 0 amide bonds. The molecule has 41 heavy (non-hydrogen) atoms. The van der Waals surface area contributed by atoms with Crippen LogP contribution in [0.3, 0.4) is 0 Å². The van der Waals surface area contributed by atoms with Crippen molar-refractivity contribution in [3.8, 4) is 0 Å². The summed E-state index contributed by atoms with van der Waals surface area (Å²) in [5, 5.41) is 0. The Morgan fingerprint density at radius 1 is 0.585 bits per heavy atom. The Balaban J connectivity index is 1.82. The largest absolute Gasteiger partial charge is 0.371 e. The van der Waals surface area contributed by atoms with Crippen molar-refractivity contribution in [3.63, 3.8) is 0 Å². The van der Waals surface area contributed by atoms with E-state index in [1.54, 1.807) is 6.07 Å². The van der Waals surface area contributed by atoms with Crippen LogP contribution in [-0.4, -0.2) is 13.1 Å². The molecule has 2 nitrogen and oxygen atoms in total. The van der Waals surface area contributed by atoms with Crippen LogP contribution in [0, 0.1) is 5.82 Å². The molecule has 0 spiro atoms. The Hall–Kier alpha value is -2.16. The van der Waals surface area contributed by atoms with Crippen molar-refractivity contribution in [2.75, 3.05) is 18.0 Å². The Morgan fingerprint density at radius 2 is 1.02 bits per heavy atom. The van der Waals surface area contributed by atoms with Gasteiger partial charge in [-0.25, -0.2) is 8.96 Å². The molecular weight excluding hydrogens is 503 g/mol. The van der Waals surface area contributed by atoms with Gasteiger partial charge in [0, 0.05) is 36.5 Å². The van der Waals surface area contributed by atoms with E-state index in [1.807, 2.05) is 54.4 Å². The first-order valence-corrected chi connectivity index (χ1v) is 17.3. The molecule has 0 saturated carbocycles. The first kappa shape index (κ1) is 35.0. The summed E-state index contributed by atoms with van der Waals surface area (Å²) in [5.41, 5.74) is 2.77. The van der Waals surface area contributed by atoms with E-state index in [1.165, 1.54) is 128 Å². The molecule has 0 unspecified atom stereocenters. The van der Waals surface area contributed by atoms with Crippen LogP contribution in [0.5, 0.6) is 0 Å². The van der Waals surface area contributed by atoms with Crippen molar-refractivity contribution in [1.29, 1.82) is 0 Å². The van der Waals surface area contributed by atoms with Crippen LogP contribution in [0.15, 0.2) is 42.7 Å². The minimum atomic E-state index is -0.128. The average molecular weight is 566 g/mol. The van der Waals surface area contributed by atoms with Gasteiger partial charge < -0.3 is 4.90 Å². The maximum Gasteiger partial charge on any atom is 0.169 e. The Kier molecular flexibility index (Phi) is 20.0. The minimum Gasteiger partial charge on any atom is -0.371 e. The first-order chi connectivity index (χ1) is 20.1. The highest BCUT2D eigenvalue weighted by Gasteiger charge is 2.10. The highest BCUT2D eigenvalue weighted by Crippen LogP contribution is 2.23. The normalized spacial score (nSPS) is 11.5. The lowest BCUT2D eigenvalue weighted by atomic mass is 10.1. The minimum absolute atomic E-state index is 0.128. The second kappa shape index (κ2) is 23.4. The van der Waals surface area contributed by atoms with Crippen molar-refractivity contribution in [2.24, 2.45) is 7.05 Å². The van der Waals surface area contributed by atoms with E-state index in [9.17, 15) is 0 Å². The van der Waals surface area contributed by atoms with Crippen LogP contribution in [0.25, 0.3) is 12.2 Å². The molecule has 3 heteroatoms. The van der Waals surface area contributed by atoms with Gasteiger partial charge in [0.05, 0.1) is 0 Å². The van der Waals surface area contributed by atoms with Gasteiger partial charge in [-0.05, 0) is 36.6 Å². The van der Waals surface area contributed by atoms with Crippen molar-refractivity contribution in [1.82, 2.24) is 0 Å². The van der Waals surface area contributed by atoms with E-state index in [0.717, 1.165) is 24.3 Å². The number of pyridine rings is 1. The zero-order valence-corrected chi connectivity index (χ0v) is 27.0. The van der Waals surface area contributed by atoms with Crippen molar-refractivity contribution >= 4 is 17.8 Å². The molecule has 1 heterocycles. The lowest BCUT2D eigenvalue weighted by Crippen LogP contribution is -2.26. The van der Waals surface area contributed by atoms with Crippen molar-refractivity contribution in [3.05, 3.63) is 59.7 Å². The predicted octanol–water partition coefficient (Wildman–Crippen LogP) is 11.5. The Morgan fingerprint density at radius 3 is 1.46 bits per heavy atom. The van der Waals surface area contributed by atoms with Gasteiger partial charge in [0.2, 0.25) is 0 Å². The molecule has 0 saturated heterocycles. The monoisotopic (exact) mass is 565 g/mol. The molecule has 1 aromatic carbocycles. The van der Waals surface area contributed by atoms with Crippen LogP contribution in [-0.2, 0) is 7.05 Å². The molecule has 0 N–H and O–H groups in total. The SMILES string of the molecule is CCCCCCCCCCCCN(CCCCCCCCCCCC)c1ccc(/C=C/c2cc[n+](C)cc2)c(F)c1. The van der Waals surface area contributed by atoms with Gasteiger partial charge in [-0.15, -0.1) is 0 Å². The zero-order chi connectivity index (χ0) is 29.4. The summed E-state index contributed by atoms with van der Waals surface area (Å²) in [6.45, 7) is 6.63. The van der Waals surface area contributed by atoms with Crippen LogP contribution >= 0.6 is 0 Å². The standard InChI is InChI=1S/C38H62FN2/c1-4-6-8-10-12-14-16-18-20-22-30-41(31-23-21-19-17-15-13-11-9-7-5-2)37-27-26-36(38(39)34-37)25-24-35-28-32-40(3)33-29-35/h24-29,32-34H,4-23,30-31H2,1-3H3/q+1. The van der Waals surface area contributed by atoms with Gasteiger partial charge in [0.15, 0.2) is 12.4 Å². The molecule has 0 aliphatic carbocycles. The van der Waals surface area contributed by atoms with E-state index in [0.29, 0.717) is 5.56 Å². The molecule has 0 aliphatic rings. The third-order valence-corrected chi connectivity index (χ3v) is 8.37. The third kappa shape index (κ3) is 16.8. The Bertz CT molecular complexity index is 896. The maximum atomic E-state index is 15.2. The Labute approximate surface area is 253 Å². The molecule has 0 atom stereocenters. The van der Waals surface area contributed by atoms with Crippen LogP contribution < -0.4 is 9.47 Å². The molecule has 1 aromatic heterocycles. The van der Waals surface area contributed by atoms with Crippen molar-refractivity contribution in [2.45, 2.75) is 142 Å². The molecular formula is C38H62FN2+. The number of nitrogens with zero attached hydrogens (tertiary/aromatic N) is 2. The molecule has 2 rings (SSSR count). The molecule has 0 fully saturated rings. The molecule has 2 aromatic rings. The highest BCUT2D eigenvalue weighted by molar-refractivity contribution is 5.70. The van der Waals surface area contributed by atoms with Gasteiger partial charge in [-0.3, -0.25) is 0 Å². The number of benzene rings is 1. The number of halogens is 1. The molecule has 230 valence electrons. The summed E-state index contributed by atoms with van der Waals surface area (Å²) in [7, 11) is 2.00. The van der Waals surface area contributed by atoms with Crippen molar-refractivity contribution < 1.29 is 8.96 Å². The molecule has 0 bridgehead atoms. The quantitative estimate of drug-likeness (QED) is 0.0857. The predicted molar refractivity (Wildman–Crippen MR) is 179 cm³/mol. The summed E-state index contributed by atoms with van der Waals surface area (Å²) in [5.74, 6) is -0.128. The zero-order valence-electron chi connectivity index (χ0n) is 27.0. The second-order valence-corrected chi connectivity index (χ2v) is 12.2. The van der Waals surface area contributed by atoms with Crippen LogP contribution in [0.4, 0.5) is 10.1 Å². The molecule has 0 radical (unpaired) electrons. The lowest BCUT2D eigenvalue weighted by molar-refractivity contribution is -0.671. The number of aryl methyl sites for hydroxylation is 1. The number of hydrogen-bond donors (Lipinski definition) is 0. The van der Waals surface area contributed by atoms with Gasteiger partial charge >= 0.3 is 0 Å². The van der Waals surface area contributed by atoms with Gasteiger partial charge in [0.1, 0.15) is 12.9 Å². The lowest BCUT2D eigenvalue weighted by Gasteiger charge is -2.25. The van der Waals surface area contributed by atoms with Gasteiger partial charge in [0.25, 0.3) is 0 Å². The van der Waals surface area contributed by atoms with E-state index < -0.39 is 0 Å².